The van der Waals surface area contributed by atoms with Gasteiger partial charge in [0, 0.05) is 5.56 Å². The van der Waals surface area contributed by atoms with Crippen molar-refractivity contribution >= 4 is 0 Å². The highest BCUT2D eigenvalue weighted by atomic mass is 16.5. The topological polar surface area (TPSA) is 29.5 Å². The highest BCUT2D eigenvalue weighted by molar-refractivity contribution is 5.50. The number of hydrogen-bond donors (Lipinski definition) is 1. The minimum atomic E-state index is 0.216. The number of methoxy groups -OCH3 is 1. The van der Waals surface area contributed by atoms with Gasteiger partial charge in [-0.05, 0) is 24.5 Å². The van der Waals surface area contributed by atoms with Crippen LogP contribution in [-0.2, 0) is 12.8 Å². The summed E-state index contributed by atoms with van der Waals surface area (Å²) < 4.78 is 5.23. The molecule has 0 aliphatic rings. The quantitative estimate of drug-likeness (QED) is 0.750. The van der Waals surface area contributed by atoms with E-state index in [1.165, 1.54) is 5.56 Å². The molecule has 0 spiro atoms. The van der Waals surface area contributed by atoms with Crippen LogP contribution < -0.4 is 4.74 Å². The van der Waals surface area contributed by atoms with Crippen molar-refractivity contribution in [3.63, 3.8) is 0 Å². The summed E-state index contributed by atoms with van der Waals surface area (Å²) in [6, 6.07) is 3.61. The Kier molecular flexibility index (Phi) is 4.22. The normalized spacial score (nSPS) is 10.0. The predicted molar refractivity (Wildman–Crippen MR) is 62.6 cm³/mol. The van der Waals surface area contributed by atoms with Crippen LogP contribution in [0.25, 0.3) is 0 Å². The number of rotatable bonds is 5. The SMILES string of the molecule is C=CCc1ccc(O)c(OC)c1CCC. The minimum Gasteiger partial charge on any atom is -0.504 e. The second kappa shape index (κ2) is 5.44. The van der Waals surface area contributed by atoms with Gasteiger partial charge in [-0.2, -0.15) is 0 Å². The predicted octanol–water partition coefficient (Wildman–Crippen LogP) is 3.08. The number of phenols is 1. The first-order valence-electron chi connectivity index (χ1n) is 5.23. The zero-order valence-corrected chi connectivity index (χ0v) is 9.42. The first-order valence-corrected chi connectivity index (χ1v) is 5.23. The first kappa shape index (κ1) is 11.6. The number of allylic oxidation sites excluding steroid dienone is 1. The maximum Gasteiger partial charge on any atom is 0.163 e. The zero-order valence-electron chi connectivity index (χ0n) is 9.42. The Hall–Kier alpha value is -1.44. The lowest BCUT2D eigenvalue weighted by molar-refractivity contribution is 0.368. The van der Waals surface area contributed by atoms with Crippen molar-refractivity contribution in [2.45, 2.75) is 26.2 Å². The minimum absolute atomic E-state index is 0.216. The van der Waals surface area contributed by atoms with Crippen molar-refractivity contribution in [1.29, 1.82) is 0 Å². The molecule has 15 heavy (non-hydrogen) atoms. The van der Waals surface area contributed by atoms with Crippen molar-refractivity contribution in [1.82, 2.24) is 0 Å². The average molecular weight is 206 g/mol. The van der Waals surface area contributed by atoms with Crippen molar-refractivity contribution in [3.8, 4) is 11.5 Å². The van der Waals surface area contributed by atoms with Gasteiger partial charge in [0.2, 0.25) is 0 Å². The number of phenolic OH excluding ortho intramolecular Hbond substituents is 1. The number of hydrogen-bond acceptors (Lipinski definition) is 2. The fourth-order valence-electron chi connectivity index (χ4n) is 1.75. The Balaban J connectivity index is 3.21. The lowest BCUT2D eigenvalue weighted by Gasteiger charge is -2.13. The molecule has 0 bridgehead atoms. The molecule has 0 saturated heterocycles. The molecule has 0 heterocycles. The molecule has 0 radical (unpaired) electrons. The van der Waals surface area contributed by atoms with Gasteiger partial charge in [-0.15, -0.1) is 6.58 Å². The van der Waals surface area contributed by atoms with Gasteiger partial charge < -0.3 is 9.84 Å². The van der Waals surface area contributed by atoms with E-state index in [1.807, 2.05) is 12.1 Å². The van der Waals surface area contributed by atoms with E-state index in [-0.39, 0.29) is 5.75 Å². The summed E-state index contributed by atoms with van der Waals surface area (Å²) in [5.41, 5.74) is 2.28. The maximum atomic E-state index is 9.66. The summed E-state index contributed by atoms with van der Waals surface area (Å²) >= 11 is 0. The summed E-state index contributed by atoms with van der Waals surface area (Å²) in [4.78, 5) is 0. The van der Waals surface area contributed by atoms with Gasteiger partial charge >= 0.3 is 0 Å². The van der Waals surface area contributed by atoms with E-state index in [4.69, 9.17) is 4.74 Å². The molecule has 0 saturated carbocycles. The smallest absolute Gasteiger partial charge is 0.163 e. The average Bonchev–Trinajstić information content (AvgIpc) is 2.23. The van der Waals surface area contributed by atoms with Crippen molar-refractivity contribution in [3.05, 3.63) is 35.9 Å². The molecule has 1 aromatic carbocycles. The van der Waals surface area contributed by atoms with E-state index in [9.17, 15) is 5.11 Å². The number of ether oxygens (including phenoxy) is 1. The van der Waals surface area contributed by atoms with E-state index in [0.29, 0.717) is 5.75 Å². The Bertz CT molecular complexity index is 343. The van der Waals surface area contributed by atoms with Crippen LogP contribution >= 0.6 is 0 Å². The molecule has 1 N–H and O–H groups in total. The molecule has 0 atom stereocenters. The molecular formula is C13H18O2. The van der Waals surface area contributed by atoms with Gasteiger partial charge in [0.15, 0.2) is 11.5 Å². The van der Waals surface area contributed by atoms with Gasteiger partial charge in [0.05, 0.1) is 7.11 Å². The van der Waals surface area contributed by atoms with Crippen LogP contribution in [-0.4, -0.2) is 12.2 Å². The van der Waals surface area contributed by atoms with Crippen LogP contribution in [0, 0.1) is 0 Å². The van der Waals surface area contributed by atoms with Crippen LogP contribution in [0.1, 0.15) is 24.5 Å². The van der Waals surface area contributed by atoms with Crippen molar-refractivity contribution < 1.29 is 9.84 Å². The third kappa shape index (κ3) is 2.52. The summed E-state index contributed by atoms with van der Waals surface area (Å²) in [5.74, 6) is 0.824. The summed E-state index contributed by atoms with van der Waals surface area (Å²) in [6.45, 7) is 5.84. The van der Waals surface area contributed by atoms with Gasteiger partial charge in [0.25, 0.3) is 0 Å². The van der Waals surface area contributed by atoms with E-state index in [2.05, 4.69) is 13.5 Å². The Morgan fingerprint density at radius 2 is 2.20 bits per heavy atom. The molecule has 0 aliphatic carbocycles. The lowest BCUT2D eigenvalue weighted by atomic mass is 9.99. The summed E-state index contributed by atoms with van der Waals surface area (Å²) in [6.07, 6.45) is 4.63. The van der Waals surface area contributed by atoms with Crippen LogP contribution in [0.3, 0.4) is 0 Å². The van der Waals surface area contributed by atoms with Crippen LogP contribution in [0.2, 0.25) is 0 Å². The lowest BCUT2D eigenvalue weighted by Crippen LogP contribution is -1.98. The van der Waals surface area contributed by atoms with E-state index in [0.717, 1.165) is 24.8 Å². The highest BCUT2D eigenvalue weighted by Gasteiger charge is 2.11. The number of aromatic hydroxyl groups is 1. The molecule has 0 aromatic heterocycles. The molecule has 2 nitrogen and oxygen atoms in total. The van der Waals surface area contributed by atoms with Gasteiger partial charge in [0.1, 0.15) is 0 Å². The van der Waals surface area contributed by atoms with Crippen LogP contribution in [0.4, 0.5) is 0 Å². The molecule has 0 unspecified atom stereocenters. The number of benzene rings is 1. The Labute approximate surface area is 91.2 Å². The fraction of sp³-hybridized carbons (Fsp3) is 0.385. The van der Waals surface area contributed by atoms with Gasteiger partial charge in [-0.25, -0.2) is 0 Å². The maximum absolute atomic E-state index is 9.66. The zero-order chi connectivity index (χ0) is 11.3. The summed E-state index contributed by atoms with van der Waals surface area (Å²) in [7, 11) is 1.59. The van der Waals surface area contributed by atoms with Crippen LogP contribution in [0.15, 0.2) is 24.8 Å². The fourth-order valence-corrected chi connectivity index (χ4v) is 1.75. The second-order valence-corrected chi connectivity index (χ2v) is 3.50. The Morgan fingerprint density at radius 1 is 1.47 bits per heavy atom. The van der Waals surface area contributed by atoms with Crippen molar-refractivity contribution in [2.24, 2.45) is 0 Å². The molecule has 0 amide bonds. The van der Waals surface area contributed by atoms with Crippen molar-refractivity contribution in [2.75, 3.05) is 7.11 Å². The van der Waals surface area contributed by atoms with E-state index >= 15 is 0 Å². The molecule has 0 aliphatic heterocycles. The molecule has 1 rings (SSSR count). The molecule has 0 fully saturated rings. The second-order valence-electron chi connectivity index (χ2n) is 3.50. The molecular weight excluding hydrogens is 188 g/mol. The highest BCUT2D eigenvalue weighted by Crippen LogP contribution is 2.33. The third-order valence-electron chi connectivity index (χ3n) is 2.41. The Morgan fingerprint density at radius 3 is 2.73 bits per heavy atom. The van der Waals surface area contributed by atoms with E-state index in [1.54, 1.807) is 13.2 Å². The monoisotopic (exact) mass is 206 g/mol. The van der Waals surface area contributed by atoms with Gasteiger partial charge in [-0.1, -0.05) is 25.5 Å². The molecule has 82 valence electrons. The molecule has 2 heteroatoms. The molecule has 1 aromatic rings. The van der Waals surface area contributed by atoms with Crippen LogP contribution in [0.5, 0.6) is 11.5 Å². The first-order chi connectivity index (χ1) is 7.24. The van der Waals surface area contributed by atoms with E-state index < -0.39 is 0 Å². The van der Waals surface area contributed by atoms with Gasteiger partial charge in [-0.3, -0.25) is 0 Å². The standard InChI is InChI=1S/C13H18O2/c1-4-6-10-8-9-12(14)13(15-3)11(10)7-5-2/h4,8-9,14H,1,5-7H2,2-3H3. The summed E-state index contributed by atoms with van der Waals surface area (Å²) in [5, 5.41) is 9.66. The third-order valence-corrected chi connectivity index (χ3v) is 2.41. The largest absolute Gasteiger partial charge is 0.504 e.